The second kappa shape index (κ2) is 5.06. The summed E-state index contributed by atoms with van der Waals surface area (Å²) < 4.78 is 42.1. The highest BCUT2D eigenvalue weighted by Gasteiger charge is 2.29. The molecule has 0 saturated carbocycles. The van der Waals surface area contributed by atoms with Crippen LogP contribution in [-0.2, 0) is 9.84 Å². The van der Waals surface area contributed by atoms with Gasteiger partial charge in [0, 0.05) is 11.8 Å². The highest BCUT2D eigenvalue weighted by Crippen LogP contribution is 2.40. The Balaban J connectivity index is 2.73. The number of nitrogen functional groups attached to an aromatic ring is 1. The first-order valence-corrected chi connectivity index (χ1v) is 7.95. The van der Waals surface area contributed by atoms with Crippen LogP contribution in [0.5, 0.6) is 0 Å². The minimum atomic E-state index is -3.44. The van der Waals surface area contributed by atoms with Gasteiger partial charge in [-0.25, -0.2) is 12.8 Å². The van der Waals surface area contributed by atoms with E-state index in [2.05, 4.69) is 5.16 Å². The van der Waals surface area contributed by atoms with E-state index >= 15 is 0 Å². The van der Waals surface area contributed by atoms with Crippen molar-refractivity contribution in [2.24, 2.45) is 0 Å². The zero-order valence-electron chi connectivity index (χ0n) is 10.7. The van der Waals surface area contributed by atoms with E-state index in [1.54, 1.807) is 0 Å². The van der Waals surface area contributed by atoms with Crippen LogP contribution in [0.3, 0.4) is 0 Å². The Labute approximate surface area is 120 Å². The van der Waals surface area contributed by atoms with Gasteiger partial charge in [0.15, 0.2) is 9.84 Å². The van der Waals surface area contributed by atoms with E-state index < -0.39 is 20.9 Å². The van der Waals surface area contributed by atoms with E-state index in [4.69, 9.17) is 21.9 Å². The molecular weight excluding hydrogens is 307 g/mol. The number of nitrogens with zero attached hydrogens (tertiary/aromatic N) is 1. The number of hydrogen-bond donors (Lipinski definition) is 1. The van der Waals surface area contributed by atoms with Gasteiger partial charge in [-0.05, 0) is 19.1 Å². The van der Waals surface area contributed by atoms with E-state index in [0.29, 0.717) is 0 Å². The molecule has 1 heterocycles. The largest absolute Gasteiger partial charge is 0.367 e. The minimum absolute atomic E-state index is 0.0154. The van der Waals surface area contributed by atoms with Crippen molar-refractivity contribution < 1.29 is 17.3 Å². The molecular formula is C12H12ClFN2O3S. The predicted molar refractivity (Wildman–Crippen MR) is 74.6 cm³/mol. The van der Waals surface area contributed by atoms with Crippen LogP contribution in [0.2, 0.25) is 5.02 Å². The summed E-state index contributed by atoms with van der Waals surface area (Å²) in [6.07, 6.45) is 1.05. The molecule has 108 valence electrons. The summed E-state index contributed by atoms with van der Waals surface area (Å²) in [5.74, 6) is -0.808. The fraction of sp³-hybridized carbons (Fsp3) is 0.250. The molecule has 8 heteroatoms. The first kappa shape index (κ1) is 14.8. The molecule has 0 bridgehead atoms. The maximum Gasteiger partial charge on any atom is 0.230 e. The van der Waals surface area contributed by atoms with Gasteiger partial charge in [0.2, 0.25) is 5.88 Å². The van der Waals surface area contributed by atoms with Crippen LogP contribution >= 0.6 is 11.6 Å². The van der Waals surface area contributed by atoms with Gasteiger partial charge in [-0.3, -0.25) is 0 Å². The number of aromatic nitrogens is 1. The van der Waals surface area contributed by atoms with E-state index in [0.717, 1.165) is 6.26 Å². The zero-order valence-corrected chi connectivity index (χ0v) is 12.3. The normalized spacial score (nSPS) is 13.4. The summed E-state index contributed by atoms with van der Waals surface area (Å²) in [5.41, 5.74) is 5.74. The SMILES string of the molecule is CC(c1noc(N)c1-c1c(F)cccc1Cl)S(C)(=O)=O. The van der Waals surface area contributed by atoms with E-state index in [9.17, 15) is 12.8 Å². The first-order valence-electron chi connectivity index (χ1n) is 5.61. The molecule has 0 saturated heterocycles. The summed E-state index contributed by atoms with van der Waals surface area (Å²) in [7, 11) is -3.44. The van der Waals surface area contributed by atoms with Crippen LogP contribution in [0.15, 0.2) is 22.7 Å². The maximum absolute atomic E-state index is 14.0. The Bertz CT molecular complexity index is 738. The summed E-state index contributed by atoms with van der Waals surface area (Å²) in [5, 5.41) is 2.74. The number of halogens is 2. The van der Waals surface area contributed by atoms with Crippen molar-refractivity contribution in [2.45, 2.75) is 12.2 Å². The molecule has 0 aliphatic rings. The third-order valence-corrected chi connectivity index (χ3v) is 4.81. The van der Waals surface area contributed by atoms with Gasteiger partial charge < -0.3 is 10.3 Å². The zero-order chi connectivity index (χ0) is 15.1. The Morgan fingerprint density at radius 2 is 2.05 bits per heavy atom. The van der Waals surface area contributed by atoms with Gasteiger partial charge in [0.1, 0.15) is 16.8 Å². The molecule has 5 nitrogen and oxygen atoms in total. The fourth-order valence-electron chi connectivity index (χ4n) is 1.78. The lowest BCUT2D eigenvalue weighted by molar-refractivity contribution is 0.426. The first-order chi connectivity index (χ1) is 9.23. The highest BCUT2D eigenvalue weighted by molar-refractivity contribution is 7.90. The van der Waals surface area contributed by atoms with Crippen LogP contribution < -0.4 is 5.73 Å². The molecule has 0 aliphatic heterocycles. The van der Waals surface area contributed by atoms with Crippen LogP contribution in [0.4, 0.5) is 10.3 Å². The molecule has 0 radical (unpaired) electrons. The Kier molecular flexibility index (Phi) is 3.75. The van der Waals surface area contributed by atoms with Crippen LogP contribution in [0, 0.1) is 5.82 Å². The monoisotopic (exact) mass is 318 g/mol. The number of benzene rings is 1. The second-order valence-electron chi connectivity index (χ2n) is 4.38. The van der Waals surface area contributed by atoms with Crippen molar-refractivity contribution in [3.63, 3.8) is 0 Å². The van der Waals surface area contributed by atoms with Crippen LogP contribution in [-0.4, -0.2) is 19.8 Å². The van der Waals surface area contributed by atoms with Crippen LogP contribution in [0.25, 0.3) is 11.1 Å². The molecule has 20 heavy (non-hydrogen) atoms. The van der Waals surface area contributed by atoms with Gasteiger partial charge in [0.25, 0.3) is 0 Å². The lowest BCUT2D eigenvalue weighted by atomic mass is 10.0. The summed E-state index contributed by atoms with van der Waals surface area (Å²) in [6.45, 7) is 1.42. The molecule has 0 fully saturated rings. The number of sulfone groups is 1. The average Bonchev–Trinajstić information content (AvgIpc) is 2.69. The molecule has 0 spiro atoms. The Morgan fingerprint density at radius 1 is 1.40 bits per heavy atom. The van der Waals surface area contributed by atoms with Crippen LogP contribution in [0.1, 0.15) is 17.9 Å². The predicted octanol–water partition coefficient (Wildman–Crippen LogP) is 2.82. The number of anilines is 1. The molecule has 1 unspecified atom stereocenters. The highest BCUT2D eigenvalue weighted by atomic mass is 35.5. The number of hydrogen-bond acceptors (Lipinski definition) is 5. The Morgan fingerprint density at radius 3 is 2.60 bits per heavy atom. The number of rotatable bonds is 3. The van der Waals surface area contributed by atoms with E-state index in [1.165, 1.54) is 25.1 Å². The molecule has 0 amide bonds. The quantitative estimate of drug-likeness (QED) is 0.940. The van der Waals surface area contributed by atoms with Crippen molar-refractivity contribution in [1.29, 1.82) is 0 Å². The maximum atomic E-state index is 14.0. The number of nitrogens with two attached hydrogens (primary N) is 1. The molecule has 2 aromatic rings. The summed E-state index contributed by atoms with van der Waals surface area (Å²) in [4.78, 5) is 0. The van der Waals surface area contributed by atoms with Crippen molar-refractivity contribution in [3.8, 4) is 11.1 Å². The fourth-order valence-corrected chi connectivity index (χ4v) is 2.61. The lowest BCUT2D eigenvalue weighted by Crippen LogP contribution is -2.09. The molecule has 0 aliphatic carbocycles. The van der Waals surface area contributed by atoms with Gasteiger partial charge >= 0.3 is 0 Å². The Hall–Kier alpha value is -1.60. The van der Waals surface area contributed by atoms with Gasteiger partial charge in [-0.2, -0.15) is 0 Å². The van der Waals surface area contributed by atoms with Crippen molar-refractivity contribution in [2.75, 3.05) is 12.0 Å². The topological polar surface area (TPSA) is 86.2 Å². The minimum Gasteiger partial charge on any atom is -0.367 e. The summed E-state index contributed by atoms with van der Waals surface area (Å²) in [6, 6.07) is 4.11. The molecule has 2 rings (SSSR count). The van der Waals surface area contributed by atoms with Crippen molar-refractivity contribution >= 4 is 27.3 Å². The van der Waals surface area contributed by atoms with E-state index in [-0.39, 0.29) is 27.7 Å². The van der Waals surface area contributed by atoms with E-state index in [1.807, 2.05) is 0 Å². The van der Waals surface area contributed by atoms with Gasteiger partial charge in [0.05, 0.1) is 10.6 Å². The molecule has 1 atom stereocenters. The second-order valence-corrected chi connectivity index (χ2v) is 7.15. The molecule has 2 N–H and O–H groups in total. The van der Waals surface area contributed by atoms with Gasteiger partial charge in [-0.1, -0.05) is 22.8 Å². The standard InChI is InChI=1S/C12H12ClFN2O3S/c1-6(20(2,17)18)11-10(12(15)19-16-11)9-7(13)4-3-5-8(9)14/h3-6H,15H2,1-2H3. The molecule has 1 aromatic heterocycles. The smallest absolute Gasteiger partial charge is 0.230 e. The van der Waals surface area contributed by atoms with Crippen molar-refractivity contribution in [1.82, 2.24) is 5.16 Å². The van der Waals surface area contributed by atoms with Gasteiger partial charge in [-0.15, -0.1) is 0 Å². The third kappa shape index (κ3) is 2.51. The summed E-state index contributed by atoms with van der Waals surface area (Å²) >= 11 is 5.97. The lowest BCUT2D eigenvalue weighted by Gasteiger charge is -2.10. The van der Waals surface area contributed by atoms with Crippen molar-refractivity contribution in [3.05, 3.63) is 34.7 Å². The third-order valence-electron chi connectivity index (χ3n) is 2.98. The molecule has 1 aromatic carbocycles. The average molecular weight is 319 g/mol.